The van der Waals surface area contributed by atoms with Gasteiger partial charge in [0.2, 0.25) is 12.2 Å². The van der Waals surface area contributed by atoms with Gasteiger partial charge >= 0.3 is 0 Å². The second kappa shape index (κ2) is 10.3. The average Bonchev–Trinajstić information content (AvgIpc) is 3.61. The number of fused-ring (bicyclic) bond motifs is 6. The first-order chi connectivity index (χ1) is 21.2. The minimum absolute atomic E-state index is 0.0507. The quantitative estimate of drug-likeness (QED) is 0.258. The molecule has 0 unspecified atom stereocenters. The van der Waals surface area contributed by atoms with E-state index in [1.165, 1.54) is 14.2 Å². The summed E-state index contributed by atoms with van der Waals surface area (Å²) in [5.41, 5.74) is 3.54. The topological polar surface area (TPSA) is 179 Å². The third-order valence-electron chi connectivity index (χ3n) is 9.38. The molecule has 232 valence electrons. The lowest BCUT2D eigenvalue weighted by molar-refractivity contribution is -0.257. The first-order valence-electron chi connectivity index (χ1n) is 14.3. The molecule has 0 radical (unpaired) electrons. The van der Waals surface area contributed by atoms with Crippen molar-refractivity contribution in [3.05, 3.63) is 82.9 Å². The zero-order chi connectivity index (χ0) is 31.0. The standard InChI is InChI=1S/C32H33NO11/c1-39-17-10-8-16(9-11-17)32-24(15-6-4-3-5-7-15)23(29(33)37)28(36)31(32,38)25-20(44-32)12-19-22(26(25)40-2)27-30(42-19)43-21(14-41-27)18(35)13-34/h3-12,18,21,23-24,27-28,30,34-36,38H,13-14H2,1-2H3,(H2,33,37)/t18-,21-,23-,24-,27+,28-,30+,31+,32+/m1/s1. The number of carbonyl (C=O) groups is 1. The van der Waals surface area contributed by atoms with E-state index in [9.17, 15) is 25.2 Å². The largest absolute Gasteiger partial charge is 0.497 e. The number of hydrogen-bond acceptors (Lipinski definition) is 11. The Hall–Kier alpha value is -3.91. The van der Waals surface area contributed by atoms with Crippen molar-refractivity contribution in [1.82, 2.24) is 0 Å². The maximum Gasteiger partial charge on any atom is 0.231 e. The van der Waals surface area contributed by atoms with Crippen LogP contribution in [0.3, 0.4) is 0 Å². The highest BCUT2D eigenvalue weighted by Crippen LogP contribution is 2.71. The highest BCUT2D eigenvalue weighted by molar-refractivity contribution is 5.82. The van der Waals surface area contributed by atoms with Crippen LogP contribution in [0.1, 0.15) is 34.3 Å². The minimum Gasteiger partial charge on any atom is -0.497 e. The number of rotatable bonds is 7. The van der Waals surface area contributed by atoms with E-state index < -0.39 is 66.3 Å². The first kappa shape index (κ1) is 28.8. The van der Waals surface area contributed by atoms with Crippen molar-refractivity contribution in [2.75, 3.05) is 27.4 Å². The fourth-order valence-corrected chi connectivity index (χ4v) is 7.48. The molecule has 0 spiro atoms. The van der Waals surface area contributed by atoms with E-state index in [1.807, 2.05) is 6.07 Å². The molecule has 1 aliphatic carbocycles. The number of primary amides is 1. The van der Waals surface area contributed by atoms with Gasteiger partial charge in [-0.1, -0.05) is 42.5 Å². The van der Waals surface area contributed by atoms with Crippen molar-refractivity contribution in [3.63, 3.8) is 0 Å². The van der Waals surface area contributed by atoms with Gasteiger partial charge in [0.25, 0.3) is 0 Å². The summed E-state index contributed by atoms with van der Waals surface area (Å²) in [6.45, 7) is -0.573. The van der Waals surface area contributed by atoms with E-state index in [-0.39, 0.29) is 23.7 Å². The molecule has 3 aromatic carbocycles. The number of carbonyl (C=O) groups excluding carboxylic acids is 1. The Balaban J connectivity index is 1.45. The lowest BCUT2D eigenvalue weighted by Crippen LogP contribution is -2.52. The van der Waals surface area contributed by atoms with Gasteiger partial charge in [-0.2, -0.15) is 0 Å². The SMILES string of the molecule is COc1ccc([C@@]23Oc4cc5c(c(OC)c4[C@]2(O)[C@H](O)[C@H](C(N)=O)[C@H]3c2ccccc2)[C@@H]2OC[C@H]([C@H](O)CO)O[C@@H]2O5)cc1. The molecule has 0 aromatic heterocycles. The van der Waals surface area contributed by atoms with Gasteiger partial charge in [-0.3, -0.25) is 4.79 Å². The summed E-state index contributed by atoms with van der Waals surface area (Å²) in [6, 6.07) is 17.4. The molecule has 44 heavy (non-hydrogen) atoms. The Bertz CT molecular complexity index is 1580. The molecule has 1 saturated heterocycles. The third-order valence-corrected chi connectivity index (χ3v) is 9.38. The van der Waals surface area contributed by atoms with Crippen molar-refractivity contribution >= 4 is 5.91 Å². The molecule has 2 fully saturated rings. The second-order valence-electron chi connectivity index (χ2n) is 11.5. The number of amides is 1. The van der Waals surface area contributed by atoms with Crippen LogP contribution in [0.15, 0.2) is 60.7 Å². The summed E-state index contributed by atoms with van der Waals surface area (Å²) in [7, 11) is 2.94. The predicted molar refractivity (Wildman–Crippen MR) is 151 cm³/mol. The van der Waals surface area contributed by atoms with Gasteiger partial charge in [-0.25, -0.2) is 0 Å². The first-order valence-corrected chi connectivity index (χ1v) is 14.3. The Morgan fingerprint density at radius 2 is 1.82 bits per heavy atom. The number of aliphatic hydroxyl groups excluding tert-OH is 3. The van der Waals surface area contributed by atoms with Crippen LogP contribution in [0, 0.1) is 5.92 Å². The summed E-state index contributed by atoms with van der Waals surface area (Å²) in [6.07, 6.45) is -5.57. The number of ether oxygens (including phenoxy) is 6. The monoisotopic (exact) mass is 607 g/mol. The fourth-order valence-electron chi connectivity index (χ4n) is 7.48. The summed E-state index contributed by atoms with van der Waals surface area (Å²) in [5, 5.41) is 44.6. The molecule has 6 N–H and O–H groups in total. The molecular weight excluding hydrogens is 574 g/mol. The second-order valence-corrected chi connectivity index (χ2v) is 11.5. The number of benzene rings is 3. The average molecular weight is 608 g/mol. The van der Waals surface area contributed by atoms with Crippen LogP contribution in [0.5, 0.6) is 23.0 Å². The molecule has 0 bridgehead atoms. The highest BCUT2D eigenvalue weighted by Gasteiger charge is 2.78. The van der Waals surface area contributed by atoms with E-state index >= 15 is 0 Å². The zero-order valence-corrected chi connectivity index (χ0v) is 24.0. The van der Waals surface area contributed by atoms with Gasteiger partial charge in [-0.15, -0.1) is 0 Å². The van der Waals surface area contributed by atoms with Crippen molar-refractivity contribution in [3.8, 4) is 23.0 Å². The van der Waals surface area contributed by atoms with Gasteiger partial charge < -0.3 is 54.6 Å². The smallest absolute Gasteiger partial charge is 0.231 e. The van der Waals surface area contributed by atoms with Gasteiger partial charge in [0.1, 0.15) is 41.3 Å². The Kier molecular flexibility index (Phi) is 6.77. The number of methoxy groups -OCH3 is 2. The molecule has 9 atom stereocenters. The maximum absolute atomic E-state index is 13.1. The van der Waals surface area contributed by atoms with E-state index in [1.54, 1.807) is 54.6 Å². The van der Waals surface area contributed by atoms with E-state index in [0.717, 1.165) is 0 Å². The molecule has 12 heteroatoms. The molecule has 4 aliphatic rings. The molecular formula is C32H33NO11. The van der Waals surface area contributed by atoms with Crippen LogP contribution >= 0.6 is 0 Å². The molecule has 12 nitrogen and oxygen atoms in total. The van der Waals surface area contributed by atoms with Crippen LogP contribution in [0.25, 0.3) is 0 Å². The van der Waals surface area contributed by atoms with Gasteiger partial charge in [0.15, 0.2) is 17.3 Å². The molecule has 7 rings (SSSR count). The van der Waals surface area contributed by atoms with Gasteiger partial charge in [0.05, 0.1) is 44.5 Å². The van der Waals surface area contributed by atoms with Gasteiger partial charge in [0, 0.05) is 12.0 Å². The van der Waals surface area contributed by atoms with Crippen molar-refractivity contribution < 1.29 is 53.6 Å². The van der Waals surface area contributed by atoms with E-state index in [0.29, 0.717) is 28.2 Å². The van der Waals surface area contributed by atoms with Crippen LogP contribution in [-0.2, 0) is 25.5 Å². The zero-order valence-electron chi connectivity index (χ0n) is 24.0. The summed E-state index contributed by atoms with van der Waals surface area (Å²) in [4.78, 5) is 13.1. The molecule has 3 aliphatic heterocycles. The number of aliphatic hydroxyl groups is 4. The third kappa shape index (κ3) is 3.69. The maximum atomic E-state index is 13.1. The summed E-state index contributed by atoms with van der Waals surface area (Å²) >= 11 is 0. The molecule has 3 heterocycles. The highest BCUT2D eigenvalue weighted by atomic mass is 16.7. The summed E-state index contributed by atoms with van der Waals surface area (Å²) < 4.78 is 36.2. The van der Waals surface area contributed by atoms with Crippen molar-refractivity contribution in [1.29, 1.82) is 0 Å². The van der Waals surface area contributed by atoms with Crippen molar-refractivity contribution in [2.24, 2.45) is 11.7 Å². The molecule has 1 amide bonds. The molecule has 1 saturated carbocycles. The van der Waals surface area contributed by atoms with Crippen LogP contribution in [-0.4, -0.2) is 78.4 Å². The normalized spacial score (nSPS) is 33.7. The predicted octanol–water partition coefficient (Wildman–Crippen LogP) is 0.967. The Morgan fingerprint density at radius 3 is 2.45 bits per heavy atom. The fraction of sp³-hybridized carbons (Fsp3) is 0.406. The molecule has 3 aromatic rings. The van der Waals surface area contributed by atoms with Gasteiger partial charge in [-0.05, 0) is 23.3 Å². The van der Waals surface area contributed by atoms with Crippen LogP contribution in [0.2, 0.25) is 0 Å². The van der Waals surface area contributed by atoms with E-state index in [2.05, 4.69) is 0 Å². The lowest BCUT2D eigenvalue weighted by atomic mass is 9.70. The Labute approximate surface area is 252 Å². The van der Waals surface area contributed by atoms with Crippen LogP contribution < -0.4 is 24.7 Å². The summed E-state index contributed by atoms with van der Waals surface area (Å²) in [5.74, 6) is -1.88. The number of hydrogen-bond donors (Lipinski definition) is 5. The minimum atomic E-state index is -2.26. The number of nitrogens with two attached hydrogens (primary N) is 1. The Morgan fingerprint density at radius 1 is 1.09 bits per heavy atom. The van der Waals surface area contributed by atoms with Crippen LogP contribution in [0.4, 0.5) is 0 Å². The van der Waals surface area contributed by atoms with E-state index in [4.69, 9.17) is 34.2 Å². The lowest BCUT2D eigenvalue weighted by Gasteiger charge is -2.41. The van der Waals surface area contributed by atoms with Crippen molar-refractivity contribution in [2.45, 2.75) is 47.8 Å².